The van der Waals surface area contributed by atoms with Crippen LogP contribution in [0.2, 0.25) is 0 Å². The number of hydrogen-bond donors (Lipinski definition) is 1. The van der Waals surface area contributed by atoms with Gasteiger partial charge in [-0.3, -0.25) is 9.59 Å². The van der Waals surface area contributed by atoms with Crippen LogP contribution in [0.3, 0.4) is 0 Å². The molecule has 3 aromatic carbocycles. The van der Waals surface area contributed by atoms with Gasteiger partial charge < -0.3 is 10.5 Å². The molecule has 4 nitrogen and oxygen atoms in total. The number of carbonyl (C=O) groups excluding carboxylic acids is 2. The van der Waals surface area contributed by atoms with Crippen LogP contribution in [0, 0.1) is 5.92 Å². The van der Waals surface area contributed by atoms with E-state index in [9.17, 15) is 9.59 Å². The molecule has 0 heterocycles. The van der Waals surface area contributed by atoms with E-state index in [1.54, 1.807) is 12.1 Å². The summed E-state index contributed by atoms with van der Waals surface area (Å²) < 4.78 is 5.56. The minimum absolute atomic E-state index is 0.00810. The Morgan fingerprint density at radius 3 is 2.32 bits per heavy atom. The van der Waals surface area contributed by atoms with Gasteiger partial charge in [0.05, 0.1) is 11.8 Å². The number of fused-ring (bicyclic) bond motifs is 1. The molecular weight excluding hydrogens is 386 g/mol. The minimum Gasteiger partial charge on any atom is -0.426 e. The number of benzene rings is 3. The highest BCUT2D eigenvalue weighted by Crippen LogP contribution is 2.27. The summed E-state index contributed by atoms with van der Waals surface area (Å²) in [6, 6.07) is 21.5. The van der Waals surface area contributed by atoms with E-state index in [0.717, 1.165) is 47.6 Å². The summed E-state index contributed by atoms with van der Waals surface area (Å²) in [5.41, 5.74) is 7.80. The lowest BCUT2D eigenvalue weighted by Gasteiger charge is -2.20. The fourth-order valence-corrected chi connectivity index (χ4v) is 4.43. The van der Waals surface area contributed by atoms with E-state index >= 15 is 0 Å². The lowest BCUT2D eigenvalue weighted by molar-refractivity contribution is -0.140. The van der Waals surface area contributed by atoms with Gasteiger partial charge in [0.25, 0.3) is 0 Å². The molecule has 1 fully saturated rings. The molecule has 0 aliphatic heterocycles. The summed E-state index contributed by atoms with van der Waals surface area (Å²) in [6.07, 6.45) is 5.55. The Morgan fingerprint density at radius 2 is 1.61 bits per heavy atom. The van der Waals surface area contributed by atoms with Crippen LogP contribution in [0.4, 0.5) is 0 Å². The van der Waals surface area contributed by atoms with E-state index in [4.69, 9.17) is 10.5 Å². The Labute approximate surface area is 183 Å². The zero-order chi connectivity index (χ0) is 21.6. The second-order valence-corrected chi connectivity index (χ2v) is 8.44. The molecule has 3 aromatic rings. The Balaban J connectivity index is 1.41. The molecule has 0 spiro atoms. The monoisotopic (exact) mass is 415 g/mol. The SMILES string of the molecule is NCC(C(=O)Cc1ccc2ccccc2c1)c1ccc(OC(=O)C2CCCCC2)cc1. The third-order valence-corrected chi connectivity index (χ3v) is 6.26. The third kappa shape index (κ3) is 5.20. The molecule has 31 heavy (non-hydrogen) atoms. The highest BCUT2D eigenvalue weighted by molar-refractivity contribution is 5.90. The van der Waals surface area contributed by atoms with Crippen molar-refractivity contribution < 1.29 is 14.3 Å². The van der Waals surface area contributed by atoms with Crippen LogP contribution in [0.1, 0.15) is 49.1 Å². The fraction of sp³-hybridized carbons (Fsp3) is 0.333. The van der Waals surface area contributed by atoms with Crippen molar-refractivity contribution in [3.63, 3.8) is 0 Å². The van der Waals surface area contributed by atoms with Crippen molar-refractivity contribution >= 4 is 22.5 Å². The van der Waals surface area contributed by atoms with Crippen molar-refractivity contribution in [3.8, 4) is 5.75 Å². The number of ketones is 1. The van der Waals surface area contributed by atoms with Crippen molar-refractivity contribution in [1.82, 2.24) is 0 Å². The summed E-state index contributed by atoms with van der Waals surface area (Å²) in [7, 11) is 0. The first kappa shape index (κ1) is 21.3. The first-order chi connectivity index (χ1) is 15.1. The van der Waals surface area contributed by atoms with E-state index < -0.39 is 0 Å². The molecule has 1 atom stereocenters. The van der Waals surface area contributed by atoms with Gasteiger partial charge in [0.2, 0.25) is 0 Å². The number of carbonyl (C=O) groups is 2. The second-order valence-electron chi connectivity index (χ2n) is 8.44. The molecule has 4 heteroatoms. The van der Waals surface area contributed by atoms with E-state index in [1.807, 2.05) is 36.4 Å². The Kier molecular flexibility index (Phi) is 6.78. The highest BCUT2D eigenvalue weighted by atomic mass is 16.5. The quantitative estimate of drug-likeness (QED) is 0.426. The largest absolute Gasteiger partial charge is 0.426 e. The standard InChI is InChI=1S/C27H29NO3/c28-18-25(26(29)17-19-10-11-20-6-4-5-9-23(20)16-19)21-12-14-24(15-13-21)31-27(30)22-7-2-1-3-8-22/h4-6,9-16,22,25H,1-3,7-8,17-18,28H2. The topological polar surface area (TPSA) is 69.4 Å². The third-order valence-electron chi connectivity index (χ3n) is 6.26. The van der Waals surface area contributed by atoms with Gasteiger partial charge in [-0.05, 0) is 46.9 Å². The molecule has 0 bridgehead atoms. The van der Waals surface area contributed by atoms with Crippen LogP contribution in [0.15, 0.2) is 66.7 Å². The number of rotatable bonds is 7. The molecule has 1 unspecified atom stereocenters. The highest BCUT2D eigenvalue weighted by Gasteiger charge is 2.23. The normalized spacial score (nSPS) is 15.5. The fourth-order valence-electron chi connectivity index (χ4n) is 4.43. The Bertz CT molecular complexity index is 1050. The van der Waals surface area contributed by atoms with Crippen molar-refractivity contribution in [1.29, 1.82) is 0 Å². The van der Waals surface area contributed by atoms with Crippen LogP contribution in [-0.2, 0) is 16.0 Å². The van der Waals surface area contributed by atoms with Crippen LogP contribution >= 0.6 is 0 Å². The number of Topliss-reactive ketones (excluding diaryl/α,β-unsaturated/α-hetero) is 1. The Hall–Kier alpha value is -2.98. The van der Waals surface area contributed by atoms with Crippen LogP contribution < -0.4 is 10.5 Å². The molecule has 1 saturated carbocycles. The maximum Gasteiger partial charge on any atom is 0.314 e. The molecule has 4 rings (SSSR count). The van der Waals surface area contributed by atoms with Gasteiger partial charge in [0, 0.05) is 13.0 Å². The number of ether oxygens (including phenoxy) is 1. The van der Waals surface area contributed by atoms with Crippen LogP contribution in [-0.4, -0.2) is 18.3 Å². The van der Waals surface area contributed by atoms with Gasteiger partial charge in [-0.1, -0.05) is 73.9 Å². The van der Waals surface area contributed by atoms with E-state index in [2.05, 4.69) is 18.2 Å². The summed E-state index contributed by atoms with van der Waals surface area (Å²) >= 11 is 0. The van der Waals surface area contributed by atoms with Gasteiger partial charge in [-0.15, -0.1) is 0 Å². The summed E-state index contributed by atoms with van der Waals surface area (Å²) in [4.78, 5) is 25.3. The lowest BCUT2D eigenvalue weighted by Crippen LogP contribution is -2.24. The zero-order valence-corrected chi connectivity index (χ0v) is 17.8. The van der Waals surface area contributed by atoms with Gasteiger partial charge >= 0.3 is 5.97 Å². The smallest absolute Gasteiger partial charge is 0.314 e. The summed E-state index contributed by atoms with van der Waals surface area (Å²) in [5.74, 6) is 0.0975. The molecule has 160 valence electrons. The molecular formula is C27H29NO3. The van der Waals surface area contributed by atoms with Crippen molar-refractivity contribution in [2.24, 2.45) is 11.7 Å². The van der Waals surface area contributed by atoms with Crippen molar-refractivity contribution in [3.05, 3.63) is 77.9 Å². The molecule has 1 aliphatic carbocycles. The number of esters is 1. The predicted molar refractivity (Wildman–Crippen MR) is 123 cm³/mol. The van der Waals surface area contributed by atoms with E-state index in [1.165, 1.54) is 6.42 Å². The molecule has 0 amide bonds. The first-order valence-corrected chi connectivity index (χ1v) is 11.2. The van der Waals surface area contributed by atoms with E-state index in [-0.39, 0.29) is 30.1 Å². The van der Waals surface area contributed by atoms with Gasteiger partial charge in [-0.25, -0.2) is 0 Å². The van der Waals surface area contributed by atoms with Gasteiger partial charge in [0.15, 0.2) is 0 Å². The minimum atomic E-state index is -0.380. The summed E-state index contributed by atoms with van der Waals surface area (Å²) in [6.45, 7) is 0.244. The molecule has 0 radical (unpaired) electrons. The van der Waals surface area contributed by atoms with Crippen molar-refractivity contribution in [2.45, 2.75) is 44.4 Å². The zero-order valence-electron chi connectivity index (χ0n) is 17.8. The maximum absolute atomic E-state index is 13.0. The average Bonchev–Trinajstić information content (AvgIpc) is 2.81. The molecule has 1 aliphatic rings. The second kappa shape index (κ2) is 9.88. The lowest BCUT2D eigenvalue weighted by atomic mass is 9.89. The maximum atomic E-state index is 13.0. The molecule has 2 N–H and O–H groups in total. The van der Waals surface area contributed by atoms with Gasteiger partial charge in [0.1, 0.15) is 11.5 Å². The van der Waals surface area contributed by atoms with Crippen molar-refractivity contribution in [2.75, 3.05) is 6.54 Å². The number of nitrogens with two attached hydrogens (primary N) is 1. The molecule has 0 aromatic heterocycles. The average molecular weight is 416 g/mol. The molecule has 0 saturated heterocycles. The number of hydrogen-bond acceptors (Lipinski definition) is 4. The predicted octanol–water partition coefficient (Wildman–Crippen LogP) is 5.18. The Morgan fingerprint density at radius 1 is 0.903 bits per heavy atom. The van der Waals surface area contributed by atoms with Crippen LogP contribution in [0.5, 0.6) is 5.75 Å². The van der Waals surface area contributed by atoms with Crippen LogP contribution in [0.25, 0.3) is 10.8 Å². The van der Waals surface area contributed by atoms with Gasteiger partial charge in [-0.2, -0.15) is 0 Å². The van der Waals surface area contributed by atoms with E-state index in [0.29, 0.717) is 12.2 Å². The summed E-state index contributed by atoms with van der Waals surface area (Å²) in [5, 5.41) is 2.29. The first-order valence-electron chi connectivity index (χ1n) is 11.2.